The molecule has 2 atom stereocenters. The van der Waals surface area contributed by atoms with E-state index in [1.54, 1.807) is 11.2 Å². The van der Waals surface area contributed by atoms with Gasteiger partial charge in [0, 0.05) is 34.1 Å². The van der Waals surface area contributed by atoms with Crippen molar-refractivity contribution in [2.24, 2.45) is 0 Å². The molecule has 0 aliphatic carbocycles. The van der Waals surface area contributed by atoms with Crippen LogP contribution in [-0.2, 0) is 4.74 Å². The molecule has 0 radical (unpaired) electrons. The molecule has 170 valence electrons. The van der Waals surface area contributed by atoms with Gasteiger partial charge < -0.3 is 14.5 Å². The van der Waals surface area contributed by atoms with Crippen LogP contribution in [0.2, 0.25) is 0 Å². The summed E-state index contributed by atoms with van der Waals surface area (Å²) >= 11 is 3.52. The zero-order valence-corrected chi connectivity index (χ0v) is 20.4. The molecule has 2 aromatic carbocycles. The number of rotatable bonds is 2. The Morgan fingerprint density at radius 1 is 1.03 bits per heavy atom. The van der Waals surface area contributed by atoms with Crippen LogP contribution in [0.3, 0.4) is 0 Å². The van der Waals surface area contributed by atoms with Crippen LogP contribution < -0.4 is 0 Å². The average Bonchev–Trinajstić information content (AvgIpc) is 3.38. The van der Waals surface area contributed by atoms with Crippen molar-refractivity contribution < 1.29 is 14.3 Å². The third kappa shape index (κ3) is 4.19. The van der Waals surface area contributed by atoms with Gasteiger partial charge >= 0.3 is 6.09 Å². The second-order valence-corrected chi connectivity index (χ2v) is 10.5. The first-order valence-electron chi connectivity index (χ1n) is 11.0. The van der Waals surface area contributed by atoms with Crippen molar-refractivity contribution in [3.63, 3.8) is 0 Å². The first kappa shape index (κ1) is 21.8. The summed E-state index contributed by atoms with van der Waals surface area (Å²) in [5, 5.41) is 0.921. The topological polar surface area (TPSA) is 75.6 Å². The zero-order valence-electron chi connectivity index (χ0n) is 18.8. The van der Waals surface area contributed by atoms with E-state index in [-0.39, 0.29) is 24.1 Å². The summed E-state index contributed by atoms with van der Waals surface area (Å²) in [5.41, 5.74) is 2.58. The van der Waals surface area contributed by atoms with Gasteiger partial charge in [-0.05, 0) is 57.5 Å². The molecule has 2 aliphatic rings. The standard InChI is InChI=1S/C25H25BrN4O3/c1-25(2,3)33-24(32)30-13-18-11-19(30)12-29(18)23(31)16-6-4-5-15(9-16)22-20-10-17(26)7-8-21(20)27-14-28-22/h4-10,14,18-19H,11-13H2,1-3H3. The summed E-state index contributed by atoms with van der Waals surface area (Å²) in [4.78, 5) is 38.4. The maximum absolute atomic E-state index is 13.4. The molecule has 0 N–H and O–H groups in total. The van der Waals surface area contributed by atoms with Crippen molar-refractivity contribution in [2.45, 2.75) is 44.9 Å². The van der Waals surface area contributed by atoms with Crippen LogP contribution in [0.25, 0.3) is 22.2 Å². The number of carbonyl (C=O) groups is 2. The summed E-state index contributed by atoms with van der Waals surface area (Å²) in [6.45, 7) is 6.62. The molecule has 2 fully saturated rings. The molecular weight excluding hydrogens is 484 g/mol. The summed E-state index contributed by atoms with van der Waals surface area (Å²) in [6, 6.07) is 13.5. The number of halogens is 1. The third-order valence-corrected chi connectivity index (χ3v) is 6.60. The highest BCUT2D eigenvalue weighted by Gasteiger charge is 2.48. The number of carbonyl (C=O) groups excluding carboxylic acids is 2. The Morgan fingerprint density at radius 3 is 2.52 bits per heavy atom. The number of amides is 2. The Bertz CT molecular complexity index is 1260. The number of hydrogen-bond donors (Lipinski definition) is 0. The van der Waals surface area contributed by atoms with Crippen molar-refractivity contribution >= 4 is 38.8 Å². The van der Waals surface area contributed by atoms with Gasteiger partial charge in [-0.3, -0.25) is 4.79 Å². The first-order chi connectivity index (χ1) is 15.7. The van der Waals surface area contributed by atoms with Crippen LogP contribution in [0, 0.1) is 0 Å². The Hall–Kier alpha value is -3.00. The Balaban J connectivity index is 1.37. The molecule has 8 heteroatoms. The van der Waals surface area contributed by atoms with Gasteiger partial charge in [0.1, 0.15) is 11.9 Å². The van der Waals surface area contributed by atoms with E-state index in [0.29, 0.717) is 18.7 Å². The number of hydrogen-bond acceptors (Lipinski definition) is 5. The van der Waals surface area contributed by atoms with Crippen LogP contribution >= 0.6 is 15.9 Å². The van der Waals surface area contributed by atoms with Crippen LogP contribution in [0.4, 0.5) is 4.79 Å². The maximum Gasteiger partial charge on any atom is 0.410 e. The largest absolute Gasteiger partial charge is 0.444 e. The number of ether oxygens (including phenoxy) is 1. The fourth-order valence-electron chi connectivity index (χ4n) is 4.68. The Morgan fingerprint density at radius 2 is 1.79 bits per heavy atom. The lowest BCUT2D eigenvalue weighted by atomic mass is 10.0. The molecule has 0 spiro atoms. The average molecular weight is 509 g/mol. The molecule has 3 aromatic rings. The number of likely N-dealkylation sites (tertiary alicyclic amines) is 2. The van der Waals surface area contributed by atoms with Gasteiger partial charge in [0.15, 0.2) is 0 Å². The van der Waals surface area contributed by atoms with Crippen LogP contribution in [-0.4, -0.2) is 62.5 Å². The van der Waals surface area contributed by atoms with E-state index in [1.165, 1.54) is 0 Å². The van der Waals surface area contributed by atoms with Crippen molar-refractivity contribution in [1.29, 1.82) is 0 Å². The highest BCUT2D eigenvalue weighted by Crippen LogP contribution is 2.34. The second kappa shape index (κ2) is 8.09. The van der Waals surface area contributed by atoms with Gasteiger partial charge in [0.25, 0.3) is 5.91 Å². The molecule has 0 saturated carbocycles. The van der Waals surface area contributed by atoms with Gasteiger partial charge in [0.05, 0.1) is 23.3 Å². The van der Waals surface area contributed by atoms with E-state index >= 15 is 0 Å². The molecule has 2 aliphatic heterocycles. The summed E-state index contributed by atoms with van der Waals surface area (Å²) in [5.74, 6) is -0.0206. The lowest BCUT2D eigenvalue weighted by Gasteiger charge is -2.35. The van der Waals surface area contributed by atoms with E-state index in [0.717, 1.165) is 33.1 Å². The Kier molecular flexibility index (Phi) is 5.35. The molecule has 2 bridgehead atoms. The van der Waals surface area contributed by atoms with Crippen molar-refractivity contribution in [3.05, 3.63) is 58.8 Å². The molecule has 7 nitrogen and oxygen atoms in total. The van der Waals surface area contributed by atoms with Crippen molar-refractivity contribution in [2.75, 3.05) is 13.1 Å². The number of piperazine rings is 1. The zero-order chi connectivity index (χ0) is 23.3. The van der Waals surface area contributed by atoms with E-state index in [1.807, 2.05) is 68.1 Å². The molecule has 5 rings (SSSR count). The third-order valence-electron chi connectivity index (χ3n) is 6.11. The highest BCUT2D eigenvalue weighted by atomic mass is 79.9. The normalized spacial score (nSPS) is 19.9. The van der Waals surface area contributed by atoms with Crippen molar-refractivity contribution in [1.82, 2.24) is 19.8 Å². The van der Waals surface area contributed by atoms with E-state index in [2.05, 4.69) is 25.9 Å². The van der Waals surface area contributed by atoms with Crippen LogP contribution in [0.15, 0.2) is 53.3 Å². The van der Waals surface area contributed by atoms with Gasteiger partial charge in [0.2, 0.25) is 0 Å². The minimum atomic E-state index is -0.532. The molecule has 3 heterocycles. The van der Waals surface area contributed by atoms with Crippen molar-refractivity contribution in [3.8, 4) is 11.3 Å². The number of aromatic nitrogens is 2. The fourth-order valence-corrected chi connectivity index (χ4v) is 5.05. The molecular formula is C25H25BrN4O3. The predicted octanol–water partition coefficient (Wildman–Crippen LogP) is 4.89. The van der Waals surface area contributed by atoms with Gasteiger partial charge in [-0.1, -0.05) is 28.1 Å². The predicted molar refractivity (Wildman–Crippen MR) is 129 cm³/mol. The van der Waals surface area contributed by atoms with Crippen LogP contribution in [0.1, 0.15) is 37.6 Å². The lowest BCUT2D eigenvalue weighted by molar-refractivity contribution is 0.0126. The van der Waals surface area contributed by atoms with Gasteiger partial charge in [-0.2, -0.15) is 0 Å². The minimum absolute atomic E-state index is 0.000130. The van der Waals surface area contributed by atoms with E-state index < -0.39 is 5.60 Å². The van der Waals surface area contributed by atoms with Crippen LogP contribution in [0.5, 0.6) is 0 Å². The summed E-state index contributed by atoms with van der Waals surface area (Å²) < 4.78 is 6.48. The molecule has 1 aromatic heterocycles. The lowest BCUT2D eigenvalue weighted by Crippen LogP contribution is -2.51. The first-order valence-corrected chi connectivity index (χ1v) is 11.8. The summed E-state index contributed by atoms with van der Waals surface area (Å²) in [7, 11) is 0. The van der Waals surface area contributed by atoms with E-state index in [9.17, 15) is 9.59 Å². The quantitative estimate of drug-likeness (QED) is 0.492. The maximum atomic E-state index is 13.4. The molecule has 33 heavy (non-hydrogen) atoms. The fraction of sp³-hybridized carbons (Fsp3) is 0.360. The molecule has 2 unspecified atom stereocenters. The summed E-state index contributed by atoms with van der Waals surface area (Å²) in [6.07, 6.45) is 2.03. The number of fused-ring (bicyclic) bond motifs is 3. The molecule has 2 saturated heterocycles. The monoisotopic (exact) mass is 508 g/mol. The van der Waals surface area contributed by atoms with E-state index in [4.69, 9.17) is 4.74 Å². The molecule has 2 amide bonds. The second-order valence-electron chi connectivity index (χ2n) is 9.60. The SMILES string of the molecule is CC(C)(C)OC(=O)N1CC2CC1CN2C(=O)c1cccc(-c2ncnc3ccc(Br)cc23)c1. The minimum Gasteiger partial charge on any atom is -0.444 e. The highest BCUT2D eigenvalue weighted by molar-refractivity contribution is 9.10. The van der Waals surface area contributed by atoms with Gasteiger partial charge in [-0.15, -0.1) is 0 Å². The number of benzene rings is 2. The van der Waals surface area contributed by atoms with Gasteiger partial charge in [-0.25, -0.2) is 14.8 Å². The Labute approximate surface area is 200 Å². The number of nitrogens with zero attached hydrogens (tertiary/aromatic N) is 4. The smallest absolute Gasteiger partial charge is 0.410 e.